The van der Waals surface area contributed by atoms with Gasteiger partial charge in [0.1, 0.15) is 18.0 Å². The van der Waals surface area contributed by atoms with Crippen molar-refractivity contribution in [3.8, 4) is 11.8 Å². The molecule has 1 aromatic heterocycles. The van der Waals surface area contributed by atoms with Crippen molar-refractivity contribution in [3.63, 3.8) is 0 Å². The van der Waals surface area contributed by atoms with Crippen LogP contribution < -0.4 is 10.1 Å². The van der Waals surface area contributed by atoms with Crippen LogP contribution in [0.1, 0.15) is 12.6 Å². The highest BCUT2D eigenvalue weighted by Gasteiger charge is 2.08. The summed E-state index contributed by atoms with van der Waals surface area (Å²) >= 11 is 0. The number of halogens is 1. The lowest BCUT2D eigenvalue weighted by Crippen LogP contribution is -2.23. The molecule has 1 heterocycles. The first kappa shape index (κ1) is 13.7. The van der Waals surface area contributed by atoms with Crippen molar-refractivity contribution in [1.29, 1.82) is 5.26 Å². The van der Waals surface area contributed by atoms with Gasteiger partial charge in [0.05, 0.1) is 18.9 Å². The fraction of sp³-hybridized carbons (Fsp3) is 0.214. The fourth-order valence-electron chi connectivity index (χ4n) is 1.52. The summed E-state index contributed by atoms with van der Waals surface area (Å²) in [6.07, 6.45) is 2.60. The lowest BCUT2D eigenvalue weighted by molar-refractivity contribution is 0.224. The maximum atomic E-state index is 13.4. The first-order chi connectivity index (χ1) is 9.69. The minimum atomic E-state index is -0.391. The molecule has 102 valence electrons. The second kappa shape index (κ2) is 6.48. The van der Waals surface area contributed by atoms with E-state index in [-0.39, 0.29) is 17.5 Å². The number of ether oxygens (including phenoxy) is 1. The molecule has 0 fully saturated rings. The van der Waals surface area contributed by atoms with Crippen molar-refractivity contribution >= 4 is 5.82 Å². The maximum Gasteiger partial charge on any atom is 0.165 e. The molecule has 2 aromatic rings. The van der Waals surface area contributed by atoms with Crippen LogP contribution in [0.15, 0.2) is 36.7 Å². The van der Waals surface area contributed by atoms with Gasteiger partial charge in [-0.25, -0.2) is 14.4 Å². The Labute approximate surface area is 116 Å². The predicted octanol–water partition coefficient (Wildman–Crippen LogP) is 2.37. The van der Waals surface area contributed by atoms with E-state index in [1.807, 2.05) is 13.0 Å². The molecule has 0 aliphatic carbocycles. The number of anilines is 1. The summed E-state index contributed by atoms with van der Waals surface area (Å²) < 4.78 is 18.9. The van der Waals surface area contributed by atoms with Gasteiger partial charge >= 0.3 is 0 Å². The molecule has 1 aromatic carbocycles. The minimum absolute atomic E-state index is 0.215. The van der Waals surface area contributed by atoms with Gasteiger partial charge in [-0.3, -0.25) is 0 Å². The van der Waals surface area contributed by atoms with E-state index in [1.165, 1.54) is 18.5 Å². The number of nitriles is 1. The molecule has 0 bridgehead atoms. The highest BCUT2D eigenvalue weighted by atomic mass is 19.1. The monoisotopic (exact) mass is 272 g/mol. The molecule has 0 amide bonds. The molecule has 0 saturated carbocycles. The van der Waals surface area contributed by atoms with Crippen LogP contribution in [0.3, 0.4) is 0 Å². The molecule has 1 atom stereocenters. The smallest absolute Gasteiger partial charge is 0.165 e. The summed E-state index contributed by atoms with van der Waals surface area (Å²) in [6, 6.07) is 8.14. The van der Waals surface area contributed by atoms with Crippen LogP contribution in [0.2, 0.25) is 0 Å². The third-order valence-corrected chi connectivity index (χ3v) is 2.50. The van der Waals surface area contributed by atoms with Gasteiger partial charge in [-0.15, -0.1) is 0 Å². The van der Waals surface area contributed by atoms with Crippen LogP contribution in [0.4, 0.5) is 10.2 Å². The Morgan fingerprint density at radius 1 is 1.35 bits per heavy atom. The quantitative estimate of drug-likeness (QED) is 0.904. The molecular weight excluding hydrogens is 259 g/mol. The zero-order chi connectivity index (χ0) is 14.4. The van der Waals surface area contributed by atoms with Crippen molar-refractivity contribution in [2.75, 3.05) is 11.9 Å². The van der Waals surface area contributed by atoms with E-state index in [0.717, 1.165) is 0 Å². The summed E-state index contributed by atoms with van der Waals surface area (Å²) in [5.41, 5.74) is 0.256. The summed E-state index contributed by atoms with van der Waals surface area (Å²) in [5.74, 6) is 0.359. The lowest BCUT2D eigenvalue weighted by Gasteiger charge is -2.16. The van der Waals surface area contributed by atoms with Crippen molar-refractivity contribution < 1.29 is 9.13 Å². The number of nitrogens with zero attached hydrogens (tertiary/aromatic N) is 3. The normalized spacial score (nSPS) is 11.4. The summed E-state index contributed by atoms with van der Waals surface area (Å²) in [7, 11) is 0. The second-order valence-corrected chi connectivity index (χ2v) is 4.14. The van der Waals surface area contributed by atoms with E-state index in [1.54, 1.807) is 18.2 Å². The molecule has 0 spiro atoms. The molecule has 6 heteroatoms. The zero-order valence-electron chi connectivity index (χ0n) is 10.9. The Hall–Kier alpha value is -2.68. The molecule has 2 rings (SSSR count). The number of rotatable bonds is 5. The van der Waals surface area contributed by atoms with Crippen LogP contribution in [-0.2, 0) is 0 Å². The molecule has 1 N–H and O–H groups in total. The third kappa shape index (κ3) is 3.65. The molecule has 0 saturated heterocycles. The van der Waals surface area contributed by atoms with E-state index in [2.05, 4.69) is 15.3 Å². The average molecular weight is 272 g/mol. The molecular formula is C14H13FN4O. The standard InChI is InChI=1S/C14H13FN4O/c1-10(20-13-5-3-2-4-12(13)15)7-18-14-9-17-11(6-16)8-19-14/h2-5,8-10H,7H2,1H3,(H,18,19). The first-order valence-corrected chi connectivity index (χ1v) is 6.06. The molecule has 5 nitrogen and oxygen atoms in total. The average Bonchev–Trinajstić information content (AvgIpc) is 2.48. The van der Waals surface area contributed by atoms with E-state index in [9.17, 15) is 4.39 Å². The van der Waals surface area contributed by atoms with E-state index < -0.39 is 5.82 Å². The van der Waals surface area contributed by atoms with Gasteiger partial charge in [0.15, 0.2) is 17.3 Å². The Morgan fingerprint density at radius 3 is 2.80 bits per heavy atom. The lowest BCUT2D eigenvalue weighted by atomic mass is 10.3. The first-order valence-electron chi connectivity index (χ1n) is 6.06. The maximum absolute atomic E-state index is 13.4. The van der Waals surface area contributed by atoms with Crippen molar-refractivity contribution in [1.82, 2.24) is 9.97 Å². The molecule has 0 aliphatic heterocycles. The van der Waals surface area contributed by atoms with E-state index in [4.69, 9.17) is 10.00 Å². The van der Waals surface area contributed by atoms with Gasteiger partial charge in [-0.2, -0.15) is 5.26 Å². The molecule has 1 unspecified atom stereocenters. The Kier molecular flexibility index (Phi) is 4.45. The van der Waals surface area contributed by atoms with Gasteiger partial charge in [-0.05, 0) is 19.1 Å². The Morgan fingerprint density at radius 2 is 2.15 bits per heavy atom. The Bertz CT molecular complexity index is 609. The van der Waals surface area contributed by atoms with Gasteiger partial charge in [0.25, 0.3) is 0 Å². The summed E-state index contributed by atoms with van der Waals surface area (Å²) in [6.45, 7) is 2.26. The molecule has 0 aliphatic rings. The highest BCUT2D eigenvalue weighted by molar-refractivity contribution is 5.33. The number of hydrogen-bond acceptors (Lipinski definition) is 5. The van der Waals surface area contributed by atoms with E-state index >= 15 is 0 Å². The van der Waals surface area contributed by atoms with Gasteiger partial charge in [0, 0.05) is 0 Å². The third-order valence-electron chi connectivity index (χ3n) is 2.50. The van der Waals surface area contributed by atoms with Crippen LogP contribution >= 0.6 is 0 Å². The number of nitrogens with one attached hydrogen (secondary N) is 1. The van der Waals surface area contributed by atoms with Crippen LogP contribution in [-0.4, -0.2) is 22.6 Å². The topological polar surface area (TPSA) is 70.8 Å². The summed E-state index contributed by atoms with van der Waals surface area (Å²) in [4.78, 5) is 7.91. The number of aromatic nitrogens is 2. The largest absolute Gasteiger partial charge is 0.486 e. The molecule has 0 radical (unpaired) electrons. The van der Waals surface area contributed by atoms with Crippen molar-refractivity contribution in [3.05, 3.63) is 48.2 Å². The zero-order valence-corrected chi connectivity index (χ0v) is 10.9. The minimum Gasteiger partial charge on any atom is -0.486 e. The van der Waals surface area contributed by atoms with Crippen LogP contribution in [0.5, 0.6) is 5.75 Å². The number of benzene rings is 1. The number of para-hydroxylation sites is 1. The van der Waals surface area contributed by atoms with Crippen LogP contribution in [0.25, 0.3) is 0 Å². The number of hydrogen-bond donors (Lipinski definition) is 1. The predicted molar refractivity (Wildman–Crippen MR) is 71.7 cm³/mol. The second-order valence-electron chi connectivity index (χ2n) is 4.14. The Balaban J connectivity index is 1.87. The fourth-order valence-corrected chi connectivity index (χ4v) is 1.52. The SMILES string of the molecule is CC(CNc1cnc(C#N)cn1)Oc1ccccc1F. The van der Waals surface area contributed by atoms with Crippen molar-refractivity contribution in [2.45, 2.75) is 13.0 Å². The van der Waals surface area contributed by atoms with Gasteiger partial charge < -0.3 is 10.1 Å². The van der Waals surface area contributed by atoms with Gasteiger partial charge in [-0.1, -0.05) is 12.1 Å². The summed E-state index contributed by atoms with van der Waals surface area (Å²) in [5, 5.41) is 11.6. The van der Waals surface area contributed by atoms with Gasteiger partial charge in [0.2, 0.25) is 0 Å². The van der Waals surface area contributed by atoms with Crippen molar-refractivity contribution in [2.24, 2.45) is 0 Å². The van der Waals surface area contributed by atoms with Crippen LogP contribution in [0, 0.1) is 17.1 Å². The molecule has 20 heavy (non-hydrogen) atoms. The van der Waals surface area contributed by atoms with E-state index in [0.29, 0.717) is 12.4 Å². The highest BCUT2D eigenvalue weighted by Crippen LogP contribution is 2.17.